The highest BCUT2D eigenvalue weighted by Gasteiger charge is 2.20. The van der Waals surface area contributed by atoms with Crippen molar-refractivity contribution in [3.05, 3.63) is 59.7 Å². The van der Waals surface area contributed by atoms with Crippen LogP contribution >= 0.6 is 0 Å². The van der Waals surface area contributed by atoms with Gasteiger partial charge in [0.2, 0.25) is 11.8 Å². The molecule has 26 heavy (non-hydrogen) atoms. The van der Waals surface area contributed by atoms with E-state index < -0.39 is 6.04 Å². The molecule has 0 heterocycles. The summed E-state index contributed by atoms with van der Waals surface area (Å²) in [5, 5.41) is 14.4. The van der Waals surface area contributed by atoms with Gasteiger partial charge in [-0.1, -0.05) is 17.7 Å². The van der Waals surface area contributed by atoms with Crippen LogP contribution in [-0.4, -0.2) is 36.3 Å². The first-order chi connectivity index (χ1) is 12.4. The Morgan fingerprint density at radius 2 is 1.58 bits per heavy atom. The fraction of sp³-hybridized carbons (Fsp3) is 0.250. The van der Waals surface area contributed by atoms with E-state index in [0.717, 1.165) is 11.3 Å². The highest BCUT2D eigenvalue weighted by atomic mass is 16.2. The van der Waals surface area contributed by atoms with Crippen molar-refractivity contribution < 1.29 is 9.59 Å². The smallest absolute Gasteiger partial charge is 0.241 e. The van der Waals surface area contributed by atoms with Crippen LogP contribution in [0, 0.1) is 18.3 Å². The number of benzene rings is 2. The van der Waals surface area contributed by atoms with Crippen LogP contribution in [0.15, 0.2) is 48.5 Å². The zero-order chi connectivity index (χ0) is 19.1. The minimum Gasteiger partial charge on any atom is -0.325 e. The minimum atomic E-state index is -0.491. The molecule has 6 nitrogen and oxygen atoms in total. The van der Waals surface area contributed by atoms with Crippen molar-refractivity contribution in [2.24, 2.45) is 0 Å². The zero-order valence-electron chi connectivity index (χ0n) is 15.1. The Morgan fingerprint density at radius 3 is 2.15 bits per heavy atom. The number of rotatable bonds is 6. The molecular formula is C20H22N4O2. The predicted octanol–water partition coefficient (Wildman–Crippen LogP) is 2.76. The molecule has 0 saturated heterocycles. The molecule has 2 rings (SSSR count). The molecule has 0 spiro atoms. The maximum absolute atomic E-state index is 12.3. The Balaban J connectivity index is 1.87. The van der Waals surface area contributed by atoms with Crippen LogP contribution in [0.1, 0.15) is 18.1 Å². The summed E-state index contributed by atoms with van der Waals surface area (Å²) in [5.41, 5.74) is 2.98. The molecule has 134 valence electrons. The number of anilines is 2. The van der Waals surface area contributed by atoms with Crippen molar-refractivity contribution in [1.29, 1.82) is 5.26 Å². The summed E-state index contributed by atoms with van der Waals surface area (Å²) in [5.74, 6) is -0.408. The molecular weight excluding hydrogens is 328 g/mol. The summed E-state index contributed by atoms with van der Waals surface area (Å²) in [6, 6.07) is 15.7. The van der Waals surface area contributed by atoms with Crippen molar-refractivity contribution >= 4 is 23.2 Å². The zero-order valence-corrected chi connectivity index (χ0v) is 15.1. The van der Waals surface area contributed by atoms with Gasteiger partial charge in [-0.3, -0.25) is 14.5 Å². The summed E-state index contributed by atoms with van der Waals surface area (Å²) in [7, 11) is 1.72. The number of nitrogens with zero attached hydrogens (tertiary/aromatic N) is 2. The average molecular weight is 350 g/mol. The lowest BCUT2D eigenvalue weighted by molar-refractivity contribution is -0.122. The minimum absolute atomic E-state index is 0.0931. The van der Waals surface area contributed by atoms with E-state index in [4.69, 9.17) is 5.26 Å². The average Bonchev–Trinajstić information content (AvgIpc) is 2.63. The monoisotopic (exact) mass is 350 g/mol. The third kappa shape index (κ3) is 5.43. The number of carbonyl (C=O) groups is 2. The number of nitriles is 1. The molecule has 0 unspecified atom stereocenters. The number of nitrogens with one attached hydrogen (secondary N) is 2. The van der Waals surface area contributed by atoms with Gasteiger partial charge in [-0.15, -0.1) is 0 Å². The van der Waals surface area contributed by atoms with Crippen molar-refractivity contribution in [2.75, 3.05) is 24.2 Å². The maximum Gasteiger partial charge on any atom is 0.241 e. The molecule has 2 aromatic carbocycles. The Morgan fingerprint density at radius 1 is 1.04 bits per heavy atom. The van der Waals surface area contributed by atoms with Crippen LogP contribution in [0.4, 0.5) is 11.4 Å². The number of amides is 2. The fourth-order valence-electron chi connectivity index (χ4n) is 2.28. The largest absolute Gasteiger partial charge is 0.325 e. The van der Waals surface area contributed by atoms with Crippen molar-refractivity contribution in [2.45, 2.75) is 19.9 Å². The molecule has 0 saturated carbocycles. The maximum atomic E-state index is 12.3. The molecule has 0 aliphatic heterocycles. The number of aryl methyl sites for hydroxylation is 1. The summed E-state index contributed by atoms with van der Waals surface area (Å²) in [6.07, 6.45) is 0. The lowest BCUT2D eigenvalue weighted by Gasteiger charge is -2.23. The normalized spacial score (nSPS) is 11.5. The number of hydrogen-bond donors (Lipinski definition) is 2. The highest BCUT2D eigenvalue weighted by Crippen LogP contribution is 2.11. The SMILES string of the molecule is Cc1ccc(NC(=O)CN(C)[C@H](C)C(=O)Nc2ccc(C#N)cc2)cc1. The van der Waals surface area contributed by atoms with Crippen LogP contribution in [0.2, 0.25) is 0 Å². The van der Waals surface area contributed by atoms with Crippen molar-refractivity contribution in [1.82, 2.24) is 4.90 Å². The van der Waals surface area contributed by atoms with E-state index in [2.05, 4.69) is 10.6 Å². The van der Waals surface area contributed by atoms with Gasteiger partial charge in [0.1, 0.15) is 0 Å². The first-order valence-corrected chi connectivity index (χ1v) is 8.27. The number of likely N-dealkylation sites (N-methyl/N-ethyl adjacent to an activating group) is 1. The van der Waals surface area contributed by atoms with Crippen LogP contribution in [0.3, 0.4) is 0 Å². The Hall–Kier alpha value is -3.17. The van der Waals surface area contributed by atoms with Gasteiger partial charge in [0.25, 0.3) is 0 Å². The molecule has 6 heteroatoms. The lowest BCUT2D eigenvalue weighted by Crippen LogP contribution is -2.43. The second-order valence-electron chi connectivity index (χ2n) is 6.18. The van der Waals surface area contributed by atoms with Crippen LogP contribution < -0.4 is 10.6 Å². The molecule has 0 fully saturated rings. The number of carbonyl (C=O) groups excluding carboxylic acids is 2. The molecule has 2 amide bonds. The molecule has 0 aromatic heterocycles. The Kier molecular flexibility index (Phi) is 6.48. The van der Waals surface area contributed by atoms with Gasteiger partial charge < -0.3 is 10.6 Å². The van der Waals surface area contributed by atoms with Gasteiger partial charge >= 0.3 is 0 Å². The molecule has 2 N–H and O–H groups in total. The van der Waals surface area contributed by atoms with E-state index in [1.165, 1.54) is 0 Å². The third-order valence-corrected chi connectivity index (χ3v) is 4.05. The molecule has 0 bridgehead atoms. The van der Waals surface area contributed by atoms with Gasteiger partial charge in [-0.2, -0.15) is 5.26 Å². The summed E-state index contributed by atoms with van der Waals surface area (Å²) < 4.78 is 0. The van der Waals surface area contributed by atoms with E-state index in [1.54, 1.807) is 43.1 Å². The van der Waals surface area contributed by atoms with Crippen molar-refractivity contribution in [3.8, 4) is 6.07 Å². The summed E-state index contributed by atoms with van der Waals surface area (Å²) in [4.78, 5) is 26.2. The lowest BCUT2D eigenvalue weighted by atomic mass is 10.2. The molecule has 1 atom stereocenters. The first kappa shape index (κ1) is 19.2. The molecule has 0 aliphatic carbocycles. The topological polar surface area (TPSA) is 85.2 Å². The Labute approximate surface area is 153 Å². The van der Waals surface area contributed by atoms with Gasteiger partial charge in [0.05, 0.1) is 24.2 Å². The molecule has 2 aromatic rings. The predicted molar refractivity (Wildman–Crippen MR) is 102 cm³/mol. The molecule has 0 radical (unpaired) electrons. The van der Waals surface area contributed by atoms with Gasteiger partial charge in [-0.05, 0) is 57.3 Å². The van der Waals surface area contributed by atoms with E-state index in [9.17, 15) is 9.59 Å². The van der Waals surface area contributed by atoms with Gasteiger partial charge in [0.15, 0.2) is 0 Å². The van der Waals surface area contributed by atoms with E-state index >= 15 is 0 Å². The summed E-state index contributed by atoms with van der Waals surface area (Å²) in [6.45, 7) is 3.81. The van der Waals surface area contributed by atoms with Crippen LogP contribution in [0.5, 0.6) is 0 Å². The van der Waals surface area contributed by atoms with Crippen molar-refractivity contribution in [3.63, 3.8) is 0 Å². The van der Waals surface area contributed by atoms with E-state index in [-0.39, 0.29) is 18.4 Å². The second kappa shape index (κ2) is 8.79. The first-order valence-electron chi connectivity index (χ1n) is 8.27. The number of hydrogen-bond acceptors (Lipinski definition) is 4. The quantitative estimate of drug-likeness (QED) is 0.839. The highest BCUT2D eigenvalue weighted by molar-refractivity contribution is 5.96. The molecule has 0 aliphatic rings. The van der Waals surface area contributed by atoms with E-state index in [0.29, 0.717) is 11.3 Å². The Bertz CT molecular complexity index is 807. The van der Waals surface area contributed by atoms with Crippen LogP contribution in [0.25, 0.3) is 0 Å². The second-order valence-corrected chi connectivity index (χ2v) is 6.18. The fourth-order valence-corrected chi connectivity index (χ4v) is 2.28. The summed E-state index contributed by atoms with van der Waals surface area (Å²) >= 11 is 0. The standard InChI is InChI=1S/C20H22N4O2/c1-14-4-8-17(9-5-14)22-19(25)13-24(3)15(2)20(26)23-18-10-6-16(12-21)7-11-18/h4-11,15H,13H2,1-3H3,(H,22,25)(H,23,26)/t15-/m1/s1. The van der Waals surface area contributed by atoms with E-state index in [1.807, 2.05) is 37.3 Å². The van der Waals surface area contributed by atoms with Crippen LogP contribution in [-0.2, 0) is 9.59 Å². The van der Waals surface area contributed by atoms with Gasteiger partial charge in [-0.25, -0.2) is 0 Å². The third-order valence-electron chi connectivity index (χ3n) is 4.05. The van der Waals surface area contributed by atoms with Gasteiger partial charge in [0, 0.05) is 11.4 Å².